The van der Waals surface area contributed by atoms with E-state index in [-0.39, 0.29) is 5.91 Å². The molecule has 5 heteroatoms. The number of hydrogen-bond donors (Lipinski definition) is 1. The van der Waals surface area contributed by atoms with Crippen molar-refractivity contribution in [3.05, 3.63) is 77.4 Å². The summed E-state index contributed by atoms with van der Waals surface area (Å²) in [6.45, 7) is 6.91. The van der Waals surface area contributed by atoms with Crippen molar-refractivity contribution in [3.63, 3.8) is 0 Å². The lowest BCUT2D eigenvalue weighted by Crippen LogP contribution is -2.17. The van der Waals surface area contributed by atoms with Crippen LogP contribution in [0.5, 0.6) is 0 Å². The summed E-state index contributed by atoms with van der Waals surface area (Å²) >= 11 is 0. The second-order valence-electron chi connectivity index (χ2n) is 7.39. The maximum Gasteiger partial charge on any atom is 0.257 e. The van der Waals surface area contributed by atoms with Gasteiger partial charge in [-0.1, -0.05) is 6.07 Å². The zero-order valence-corrected chi connectivity index (χ0v) is 16.5. The molecule has 1 aliphatic rings. The molecule has 28 heavy (non-hydrogen) atoms. The highest BCUT2D eigenvalue weighted by molar-refractivity contribution is 6.05. The van der Waals surface area contributed by atoms with Crippen molar-refractivity contribution in [1.29, 1.82) is 0 Å². The minimum absolute atomic E-state index is 0.0747. The van der Waals surface area contributed by atoms with Gasteiger partial charge in [-0.15, -0.1) is 0 Å². The fourth-order valence-electron chi connectivity index (χ4n) is 3.86. The number of amides is 1. The summed E-state index contributed by atoms with van der Waals surface area (Å²) in [4.78, 5) is 19.6. The van der Waals surface area contributed by atoms with E-state index in [9.17, 15) is 4.79 Å². The van der Waals surface area contributed by atoms with Gasteiger partial charge in [0.05, 0.1) is 17.8 Å². The molecular formula is C23H26N4O. The van der Waals surface area contributed by atoms with E-state index in [0.717, 1.165) is 35.9 Å². The molecule has 4 rings (SSSR count). The molecule has 1 aromatic carbocycles. The van der Waals surface area contributed by atoms with Gasteiger partial charge in [-0.25, -0.2) is 0 Å². The number of benzene rings is 1. The highest BCUT2D eigenvalue weighted by Crippen LogP contribution is 2.23. The van der Waals surface area contributed by atoms with E-state index >= 15 is 0 Å². The van der Waals surface area contributed by atoms with Gasteiger partial charge in [-0.2, -0.15) is 0 Å². The Labute approximate surface area is 166 Å². The van der Waals surface area contributed by atoms with Crippen molar-refractivity contribution in [2.24, 2.45) is 0 Å². The fraction of sp³-hybridized carbons (Fsp3) is 0.304. The van der Waals surface area contributed by atoms with Crippen molar-refractivity contribution >= 4 is 17.3 Å². The SMILES string of the molecule is Cc1cc(C(=O)Nc2ccc(N3CCCC3)cc2)c(C)n1Cc1ccccn1. The summed E-state index contributed by atoms with van der Waals surface area (Å²) in [6, 6.07) is 16.0. The Bertz CT molecular complexity index is 954. The number of nitrogens with one attached hydrogen (secondary N) is 1. The Morgan fingerprint density at radius 1 is 1.07 bits per heavy atom. The van der Waals surface area contributed by atoms with Crippen molar-refractivity contribution < 1.29 is 4.79 Å². The van der Waals surface area contributed by atoms with Crippen molar-refractivity contribution in [1.82, 2.24) is 9.55 Å². The van der Waals surface area contributed by atoms with Crippen LogP contribution in [0.3, 0.4) is 0 Å². The number of carbonyl (C=O) groups excluding carboxylic acids is 1. The average Bonchev–Trinajstić information content (AvgIpc) is 3.34. The second-order valence-corrected chi connectivity index (χ2v) is 7.39. The maximum absolute atomic E-state index is 12.8. The molecule has 0 unspecified atom stereocenters. The van der Waals surface area contributed by atoms with E-state index < -0.39 is 0 Å². The normalized spacial score (nSPS) is 13.7. The molecule has 2 aromatic heterocycles. The van der Waals surface area contributed by atoms with E-state index in [2.05, 4.69) is 31.9 Å². The lowest BCUT2D eigenvalue weighted by atomic mass is 10.2. The van der Waals surface area contributed by atoms with Crippen LogP contribution in [-0.4, -0.2) is 28.5 Å². The Morgan fingerprint density at radius 3 is 2.50 bits per heavy atom. The number of pyridine rings is 1. The first-order valence-electron chi connectivity index (χ1n) is 9.85. The highest BCUT2D eigenvalue weighted by Gasteiger charge is 2.17. The molecular weight excluding hydrogens is 348 g/mol. The van der Waals surface area contributed by atoms with Gasteiger partial charge >= 0.3 is 0 Å². The minimum atomic E-state index is -0.0747. The fourth-order valence-corrected chi connectivity index (χ4v) is 3.86. The number of nitrogens with zero attached hydrogens (tertiary/aromatic N) is 3. The van der Waals surface area contributed by atoms with Crippen LogP contribution in [0, 0.1) is 13.8 Å². The molecule has 0 radical (unpaired) electrons. The quantitative estimate of drug-likeness (QED) is 0.720. The van der Waals surface area contributed by atoms with E-state index in [1.807, 2.05) is 50.2 Å². The van der Waals surface area contributed by atoms with Crippen LogP contribution in [0.4, 0.5) is 11.4 Å². The van der Waals surface area contributed by atoms with Crippen molar-refractivity contribution in [2.75, 3.05) is 23.3 Å². The van der Waals surface area contributed by atoms with E-state index in [0.29, 0.717) is 12.1 Å². The highest BCUT2D eigenvalue weighted by atomic mass is 16.1. The largest absolute Gasteiger partial charge is 0.372 e. The predicted octanol–water partition coefficient (Wildman–Crippen LogP) is 4.40. The third-order valence-electron chi connectivity index (χ3n) is 5.46. The number of aryl methyl sites for hydroxylation is 1. The smallest absolute Gasteiger partial charge is 0.257 e. The van der Waals surface area contributed by atoms with E-state index in [4.69, 9.17) is 0 Å². The molecule has 1 fully saturated rings. The Hall–Kier alpha value is -3.08. The number of rotatable bonds is 5. The summed E-state index contributed by atoms with van der Waals surface area (Å²) in [6.07, 6.45) is 4.31. The summed E-state index contributed by atoms with van der Waals surface area (Å²) < 4.78 is 2.13. The lowest BCUT2D eigenvalue weighted by molar-refractivity contribution is 0.102. The van der Waals surface area contributed by atoms with Crippen molar-refractivity contribution in [2.45, 2.75) is 33.2 Å². The van der Waals surface area contributed by atoms with Crippen LogP contribution in [-0.2, 0) is 6.54 Å². The Morgan fingerprint density at radius 2 is 1.82 bits per heavy atom. The van der Waals surface area contributed by atoms with Gasteiger partial charge in [0, 0.05) is 42.0 Å². The standard InChI is InChI=1S/C23H26N4O/c1-17-15-22(18(2)27(17)16-20-7-3-4-12-24-20)23(28)25-19-8-10-21(11-9-19)26-13-5-6-14-26/h3-4,7-12,15H,5-6,13-14,16H2,1-2H3,(H,25,28). The van der Waals surface area contributed by atoms with Crippen LogP contribution in [0.25, 0.3) is 0 Å². The predicted molar refractivity (Wildman–Crippen MR) is 113 cm³/mol. The molecule has 0 spiro atoms. The van der Waals surface area contributed by atoms with E-state index in [1.165, 1.54) is 18.5 Å². The number of carbonyl (C=O) groups is 1. The van der Waals surface area contributed by atoms with Gasteiger partial charge in [-0.3, -0.25) is 9.78 Å². The zero-order chi connectivity index (χ0) is 19.5. The minimum Gasteiger partial charge on any atom is -0.372 e. The third kappa shape index (κ3) is 3.79. The molecule has 144 valence electrons. The molecule has 1 aliphatic heterocycles. The Kier molecular flexibility index (Phi) is 5.15. The monoisotopic (exact) mass is 374 g/mol. The summed E-state index contributed by atoms with van der Waals surface area (Å²) in [5.41, 5.74) is 5.74. The van der Waals surface area contributed by atoms with Gasteiger partial charge in [-0.05, 0) is 69.2 Å². The first-order valence-corrected chi connectivity index (χ1v) is 9.85. The third-order valence-corrected chi connectivity index (χ3v) is 5.46. The summed E-state index contributed by atoms with van der Waals surface area (Å²) in [5.74, 6) is -0.0747. The topological polar surface area (TPSA) is 50.2 Å². The number of anilines is 2. The zero-order valence-electron chi connectivity index (χ0n) is 16.5. The average molecular weight is 374 g/mol. The number of hydrogen-bond acceptors (Lipinski definition) is 3. The van der Waals surface area contributed by atoms with Gasteiger partial charge in [0.2, 0.25) is 0 Å². The molecule has 0 atom stereocenters. The van der Waals surface area contributed by atoms with Gasteiger partial charge in [0.25, 0.3) is 5.91 Å². The molecule has 0 aliphatic carbocycles. The molecule has 1 saturated heterocycles. The first-order chi connectivity index (χ1) is 13.6. The van der Waals surface area contributed by atoms with Gasteiger partial charge < -0.3 is 14.8 Å². The van der Waals surface area contributed by atoms with Crippen LogP contribution in [0.1, 0.15) is 40.3 Å². The Balaban J connectivity index is 1.48. The molecule has 3 heterocycles. The maximum atomic E-state index is 12.8. The van der Waals surface area contributed by atoms with Gasteiger partial charge in [0.1, 0.15) is 0 Å². The van der Waals surface area contributed by atoms with E-state index in [1.54, 1.807) is 6.20 Å². The lowest BCUT2D eigenvalue weighted by Gasteiger charge is -2.17. The van der Waals surface area contributed by atoms with Gasteiger partial charge in [0.15, 0.2) is 0 Å². The second kappa shape index (κ2) is 7.89. The first kappa shape index (κ1) is 18.3. The molecule has 1 N–H and O–H groups in total. The van der Waals surface area contributed by atoms with Crippen LogP contribution in [0.2, 0.25) is 0 Å². The molecule has 1 amide bonds. The van der Waals surface area contributed by atoms with Crippen molar-refractivity contribution in [3.8, 4) is 0 Å². The molecule has 5 nitrogen and oxygen atoms in total. The molecule has 0 bridgehead atoms. The molecule has 3 aromatic rings. The summed E-state index contributed by atoms with van der Waals surface area (Å²) in [7, 11) is 0. The summed E-state index contributed by atoms with van der Waals surface area (Å²) in [5, 5.41) is 3.03. The van der Waals surface area contributed by atoms with Crippen LogP contribution >= 0.6 is 0 Å². The number of aromatic nitrogens is 2. The molecule has 0 saturated carbocycles. The van der Waals surface area contributed by atoms with Crippen LogP contribution < -0.4 is 10.2 Å². The van der Waals surface area contributed by atoms with Crippen LogP contribution in [0.15, 0.2) is 54.7 Å².